The first-order valence-electron chi connectivity index (χ1n) is 9.07. The third-order valence-electron chi connectivity index (χ3n) is 4.35. The van der Waals surface area contributed by atoms with Crippen molar-refractivity contribution in [1.29, 1.82) is 0 Å². The highest BCUT2D eigenvalue weighted by Gasteiger charge is 2.18. The molecule has 1 aliphatic heterocycles. The van der Waals surface area contributed by atoms with Crippen LogP contribution < -0.4 is 15.5 Å². The molecule has 1 saturated heterocycles. The van der Waals surface area contributed by atoms with Gasteiger partial charge >= 0.3 is 0 Å². The number of nitrogens with zero attached hydrogens (tertiary/aromatic N) is 3. The molecule has 0 aliphatic carbocycles. The molecule has 1 heterocycles. The van der Waals surface area contributed by atoms with Gasteiger partial charge in [0.05, 0.1) is 5.69 Å². The van der Waals surface area contributed by atoms with E-state index in [4.69, 9.17) is 0 Å². The van der Waals surface area contributed by atoms with Crippen LogP contribution in [-0.2, 0) is 6.54 Å². The average molecular weight is 349 g/mol. The second kappa shape index (κ2) is 8.52. The van der Waals surface area contributed by atoms with E-state index in [9.17, 15) is 4.39 Å². The van der Waals surface area contributed by atoms with Crippen LogP contribution in [0, 0.1) is 5.82 Å². The molecule has 0 bridgehead atoms. The molecule has 25 heavy (non-hydrogen) atoms. The predicted octanol–water partition coefficient (Wildman–Crippen LogP) is 2.43. The molecule has 0 radical (unpaired) electrons. The number of piperazine rings is 1. The van der Waals surface area contributed by atoms with Crippen LogP contribution in [0.25, 0.3) is 0 Å². The van der Waals surface area contributed by atoms with Gasteiger partial charge in [-0.2, -0.15) is 0 Å². The van der Waals surface area contributed by atoms with Crippen molar-refractivity contribution in [3.8, 4) is 0 Å². The normalized spacial score (nSPS) is 16.9. The number of likely N-dealkylation sites (N-methyl/N-ethyl adjacent to an activating group) is 1. The quantitative estimate of drug-likeness (QED) is 0.647. The van der Waals surface area contributed by atoms with Gasteiger partial charge in [0.25, 0.3) is 0 Å². The van der Waals surface area contributed by atoms with Gasteiger partial charge in [-0.1, -0.05) is 13.0 Å². The first kappa shape index (κ1) is 19.5. The Kier molecular flexibility index (Phi) is 6.64. The third-order valence-corrected chi connectivity index (χ3v) is 4.35. The SMILES string of the molecule is CCN1CCN(c2ccc(CNC(=NC)NC(C)(C)C)cc2F)CC1. The van der Waals surface area contributed by atoms with Crippen LogP contribution >= 0.6 is 0 Å². The molecule has 0 unspecified atom stereocenters. The Hall–Kier alpha value is -1.82. The summed E-state index contributed by atoms with van der Waals surface area (Å²) >= 11 is 0. The highest BCUT2D eigenvalue weighted by atomic mass is 19.1. The number of nitrogens with one attached hydrogen (secondary N) is 2. The van der Waals surface area contributed by atoms with Gasteiger partial charge in [0, 0.05) is 45.3 Å². The maximum atomic E-state index is 14.6. The standard InChI is InChI=1S/C19H32FN5/c1-6-24-9-11-25(12-10-24)17-8-7-15(13-16(17)20)14-22-18(21-5)23-19(2,3)4/h7-8,13H,6,9-12,14H2,1-5H3,(H2,21,22,23). The minimum Gasteiger partial charge on any atom is -0.367 e. The van der Waals surface area contributed by atoms with Gasteiger partial charge in [-0.25, -0.2) is 4.39 Å². The van der Waals surface area contributed by atoms with Crippen molar-refractivity contribution in [2.45, 2.75) is 39.8 Å². The lowest BCUT2D eigenvalue weighted by Crippen LogP contribution is -2.47. The average Bonchev–Trinajstić information content (AvgIpc) is 2.58. The zero-order valence-electron chi connectivity index (χ0n) is 16.2. The second-order valence-corrected chi connectivity index (χ2v) is 7.51. The lowest BCUT2D eigenvalue weighted by atomic mass is 10.1. The molecule has 1 aliphatic rings. The summed E-state index contributed by atoms with van der Waals surface area (Å²) in [6.45, 7) is 13.7. The fourth-order valence-corrected chi connectivity index (χ4v) is 2.94. The minimum absolute atomic E-state index is 0.0718. The highest BCUT2D eigenvalue weighted by molar-refractivity contribution is 5.80. The summed E-state index contributed by atoms with van der Waals surface area (Å²) in [5, 5.41) is 6.53. The molecule has 1 aromatic rings. The van der Waals surface area contributed by atoms with Gasteiger partial charge in [0.15, 0.2) is 5.96 Å². The molecule has 2 N–H and O–H groups in total. The topological polar surface area (TPSA) is 42.9 Å². The zero-order valence-corrected chi connectivity index (χ0v) is 16.2. The highest BCUT2D eigenvalue weighted by Crippen LogP contribution is 2.22. The second-order valence-electron chi connectivity index (χ2n) is 7.51. The molecule has 6 heteroatoms. The van der Waals surface area contributed by atoms with E-state index >= 15 is 0 Å². The Bertz CT molecular complexity index is 586. The van der Waals surface area contributed by atoms with E-state index in [1.54, 1.807) is 13.1 Å². The first-order valence-corrected chi connectivity index (χ1v) is 9.07. The van der Waals surface area contributed by atoms with Crippen molar-refractivity contribution in [3.05, 3.63) is 29.6 Å². The van der Waals surface area contributed by atoms with Gasteiger partial charge in [0.1, 0.15) is 5.82 Å². The maximum absolute atomic E-state index is 14.6. The van der Waals surface area contributed by atoms with Crippen molar-refractivity contribution in [3.63, 3.8) is 0 Å². The van der Waals surface area contributed by atoms with E-state index in [1.807, 2.05) is 12.1 Å². The maximum Gasteiger partial charge on any atom is 0.191 e. The van der Waals surface area contributed by atoms with E-state index in [1.165, 1.54) is 0 Å². The smallest absolute Gasteiger partial charge is 0.191 e. The van der Waals surface area contributed by atoms with Crippen LogP contribution in [0.3, 0.4) is 0 Å². The number of guanidine groups is 1. The monoisotopic (exact) mass is 349 g/mol. The van der Waals surface area contributed by atoms with Crippen LogP contribution in [0.1, 0.15) is 33.3 Å². The number of rotatable bonds is 4. The summed E-state index contributed by atoms with van der Waals surface area (Å²) in [5.41, 5.74) is 1.54. The molecular weight excluding hydrogens is 317 g/mol. The number of hydrogen-bond donors (Lipinski definition) is 2. The minimum atomic E-state index is -0.150. The number of aliphatic imine (C=N–C) groups is 1. The number of benzene rings is 1. The van der Waals surface area contributed by atoms with E-state index in [0.717, 1.165) is 38.3 Å². The molecule has 2 rings (SSSR count). The Morgan fingerprint density at radius 3 is 2.40 bits per heavy atom. The van der Waals surface area contributed by atoms with Crippen LogP contribution in [0.2, 0.25) is 0 Å². The van der Waals surface area contributed by atoms with E-state index < -0.39 is 0 Å². The molecule has 0 saturated carbocycles. The van der Waals surface area contributed by atoms with Crippen molar-refractivity contribution >= 4 is 11.6 Å². The number of anilines is 1. The summed E-state index contributed by atoms with van der Waals surface area (Å²) in [5.74, 6) is 0.565. The fourth-order valence-electron chi connectivity index (χ4n) is 2.94. The largest absolute Gasteiger partial charge is 0.367 e. The van der Waals surface area contributed by atoms with Gasteiger partial charge in [0.2, 0.25) is 0 Å². The molecule has 0 amide bonds. The molecule has 0 aromatic heterocycles. The van der Waals surface area contributed by atoms with Gasteiger partial charge in [-0.3, -0.25) is 4.99 Å². The Morgan fingerprint density at radius 1 is 1.20 bits per heavy atom. The summed E-state index contributed by atoms with van der Waals surface area (Å²) in [4.78, 5) is 8.73. The van der Waals surface area contributed by atoms with Gasteiger partial charge < -0.3 is 20.4 Å². The van der Waals surface area contributed by atoms with Crippen molar-refractivity contribution in [2.24, 2.45) is 4.99 Å². The number of halogens is 1. The molecule has 5 nitrogen and oxygen atoms in total. The Morgan fingerprint density at radius 2 is 1.88 bits per heavy atom. The molecule has 0 atom stereocenters. The lowest BCUT2D eigenvalue weighted by Gasteiger charge is -2.35. The van der Waals surface area contributed by atoms with Crippen molar-refractivity contribution < 1.29 is 4.39 Å². The summed E-state index contributed by atoms with van der Waals surface area (Å²) < 4.78 is 14.6. The molecular formula is C19H32FN5. The van der Waals surface area contributed by atoms with Crippen LogP contribution in [0.15, 0.2) is 23.2 Å². The summed E-state index contributed by atoms with van der Waals surface area (Å²) in [7, 11) is 1.74. The molecule has 1 aromatic carbocycles. The van der Waals surface area contributed by atoms with Crippen molar-refractivity contribution in [2.75, 3.05) is 44.7 Å². The Labute approximate surface area is 151 Å². The van der Waals surface area contributed by atoms with E-state index in [-0.39, 0.29) is 11.4 Å². The molecule has 140 valence electrons. The molecule has 0 spiro atoms. The fraction of sp³-hybridized carbons (Fsp3) is 0.632. The van der Waals surface area contributed by atoms with E-state index in [0.29, 0.717) is 18.2 Å². The first-order chi connectivity index (χ1) is 11.8. The number of hydrogen-bond acceptors (Lipinski definition) is 3. The van der Waals surface area contributed by atoms with Gasteiger partial charge in [-0.05, 0) is 45.0 Å². The lowest BCUT2D eigenvalue weighted by molar-refractivity contribution is 0.270. The summed E-state index contributed by atoms with van der Waals surface area (Å²) in [6.07, 6.45) is 0. The Balaban J connectivity index is 1.95. The van der Waals surface area contributed by atoms with Crippen LogP contribution in [0.5, 0.6) is 0 Å². The van der Waals surface area contributed by atoms with E-state index in [2.05, 4.69) is 53.1 Å². The third kappa shape index (κ3) is 5.88. The van der Waals surface area contributed by atoms with Crippen molar-refractivity contribution in [1.82, 2.24) is 15.5 Å². The van der Waals surface area contributed by atoms with Crippen LogP contribution in [-0.4, -0.2) is 56.2 Å². The predicted molar refractivity (Wildman–Crippen MR) is 104 cm³/mol. The van der Waals surface area contributed by atoms with Gasteiger partial charge in [-0.15, -0.1) is 0 Å². The molecule has 1 fully saturated rings. The summed E-state index contributed by atoms with van der Waals surface area (Å²) in [6, 6.07) is 5.51. The van der Waals surface area contributed by atoms with Crippen LogP contribution in [0.4, 0.5) is 10.1 Å². The zero-order chi connectivity index (χ0) is 18.4.